The molecule has 0 fully saturated rings. The molecule has 2 amide bonds. The van der Waals surface area contributed by atoms with Crippen molar-refractivity contribution < 1.29 is 9.59 Å². The lowest BCUT2D eigenvalue weighted by molar-refractivity contribution is -0.115. The van der Waals surface area contributed by atoms with E-state index in [0.29, 0.717) is 10.7 Å². The number of aromatic nitrogens is 1. The maximum absolute atomic E-state index is 12.5. The lowest BCUT2D eigenvalue weighted by atomic mass is 10.1. The molecule has 122 valence electrons. The van der Waals surface area contributed by atoms with Gasteiger partial charge in [-0.05, 0) is 37.8 Å². The predicted molar refractivity (Wildman–Crippen MR) is 97.7 cm³/mol. The van der Waals surface area contributed by atoms with Gasteiger partial charge in [-0.15, -0.1) is 23.5 Å². The van der Waals surface area contributed by atoms with Crippen molar-refractivity contribution in [3.63, 3.8) is 0 Å². The van der Waals surface area contributed by atoms with Gasteiger partial charge in [-0.25, -0.2) is 4.98 Å². The number of rotatable bonds is 6. The Kier molecular flexibility index (Phi) is 6.09. The average molecular weight is 368 g/mol. The number of amides is 2. The van der Waals surface area contributed by atoms with Gasteiger partial charge in [-0.1, -0.05) is 17.4 Å². The fourth-order valence-corrected chi connectivity index (χ4v) is 4.16. The molecule has 2 rings (SSSR count). The van der Waals surface area contributed by atoms with Crippen LogP contribution >= 0.6 is 34.9 Å². The standard InChI is InChI=1S/C15H17N3O2S3/c1-8-4-5-10(21-3)6-11(8)13(20)18-15-17-9(2)14(23-15)22-7-12(16)19/h4-6H,7H2,1-3H3,(H2,16,19)(H,17,18,20). The molecule has 3 N–H and O–H groups in total. The highest BCUT2D eigenvalue weighted by molar-refractivity contribution is 8.01. The molecule has 5 nitrogen and oxygen atoms in total. The zero-order chi connectivity index (χ0) is 17.0. The second-order valence-electron chi connectivity index (χ2n) is 4.78. The first kappa shape index (κ1) is 17.8. The summed E-state index contributed by atoms with van der Waals surface area (Å²) in [5.74, 6) is -0.359. The maximum atomic E-state index is 12.5. The molecule has 0 spiro atoms. The number of nitrogens with zero attached hydrogens (tertiary/aromatic N) is 1. The summed E-state index contributed by atoms with van der Waals surface area (Å²) in [6.07, 6.45) is 1.97. The van der Waals surface area contributed by atoms with Crippen LogP contribution in [0.3, 0.4) is 0 Å². The number of carbonyl (C=O) groups excluding carboxylic acids is 2. The summed E-state index contributed by atoms with van der Waals surface area (Å²) in [7, 11) is 0. The number of thioether (sulfide) groups is 2. The Balaban J connectivity index is 2.14. The highest BCUT2D eigenvalue weighted by Gasteiger charge is 2.14. The SMILES string of the molecule is CSc1ccc(C)c(C(=O)Nc2nc(C)c(SCC(N)=O)s2)c1. The third kappa shape index (κ3) is 4.73. The molecule has 0 aliphatic carbocycles. The fourth-order valence-electron chi connectivity index (χ4n) is 1.84. The molecule has 0 atom stereocenters. The van der Waals surface area contributed by atoms with E-state index in [4.69, 9.17) is 5.73 Å². The van der Waals surface area contributed by atoms with Crippen LogP contribution in [0.5, 0.6) is 0 Å². The van der Waals surface area contributed by atoms with Crippen LogP contribution in [0.25, 0.3) is 0 Å². The minimum absolute atomic E-state index is 0.182. The van der Waals surface area contributed by atoms with E-state index in [1.807, 2.05) is 38.3 Å². The van der Waals surface area contributed by atoms with E-state index in [1.165, 1.54) is 23.1 Å². The summed E-state index contributed by atoms with van der Waals surface area (Å²) in [5.41, 5.74) is 7.48. The summed E-state index contributed by atoms with van der Waals surface area (Å²) < 4.78 is 0.883. The number of hydrogen-bond acceptors (Lipinski definition) is 6. The third-order valence-corrected chi connectivity index (χ3v) is 6.19. The van der Waals surface area contributed by atoms with Crippen molar-refractivity contribution in [3.8, 4) is 0 Å². The van der Waals surface area contributed by atoms with Crippen LogP contribution in [0, 0.1) is 13.8 Å². The van der Waals surface area contributed by atoms with Gasteiger partial charge in [0.05, 0.1) is 15.7 Å². The molecule has 23 heavy (non-hydrogen) atoms. The van der Waals surface area contributed by atoms with Crippen LogP contribution in [0.2, 0.25) is 0 Å². The number of aryl methyl sites for hydroxylation is 2. The maximum Gasteiger partial charge on any atom is 0.257 e. The van der Waals surface area contributed by atoms with Gasteiger partial charge in [-0.2, -0.15) is 0 Å². The number of thiazole rings is 1. The van der Waals surface area contributed by atoms with Crippen LogP contribution in [0.1, 0.15) is 21.6 Å². The largest absolute Gasteiger partial charge is 0.369 e. The van der Waals surface area contributed by atoms with Gasteiger partial charge in [0.2, 0.25) is 5.91 Å². The Morgan fingerprint density at radius 3 is 2.74 bits per heavy atom. The average Bonchev–Trinajstić information content (AvgIpc) is 2.85. The number of nitrogens with two attached hydrogens (primary N) is 1. The van der Waals surface area contributed by atoms with Crippen molar-refractivity contribution in [1.29, 1.82) is 0 Å². The number of nitrogens with one attached hydrogen (secondary N) is 1. The summed E-state index contributed by atoms with van der Waals surface area (Å²) >= 11 is 4.27. The van der Waals surface area contributed by atoms with Gasteiger partial charge in [0.1, 0.15) is 0 Å². The highest BCUT2D eigenvalue weighted by Crippen LogP contribution is 2.32. The first-order chi connectivity index (χ1) is 10.9. The summed E-state index contributed by atoms with van der Waals surface area (Å²) in [6.45, 7) is 3.75. The highest BCUT2D eigenvalue weighted by atomic mass is 32.2. The van der Waals surface area contributed by atoms with Crippen molar-refractivity contribution in [2.45, 2.75) is 23.0 Å². The molecule has 0 saturated carbocycles. The van der Waals surface area contributed by atoms with E-state index in [-0.39, 0.29) is 17.6 Å². The van der Waals surface area contributed by atoms with E-state index in [1.54, 1.807) is 11.8 Å². The first-order valence-electron chi connectivity index (χ1n) is 6.75. The van der Waals surface area contributed by atoms with Crippen LogP contribution in [0.15, 0.2) is 27.3 Å². The Morgan fingerprint density at radius 2 is 2.09 bits per heavy atom. The number of benzene rings is 1. The van der Waals surface area contributed by atoms with Crippen molar-refractivity contribution in [2.75, 3.05) is 17.3 Å². The van der Waals surface area contributed by atoms with Crippen LogP contribution < -0.4 is 11.1 Å². The zero-order valence-corrected chi connectivity index (χ0v) is 15.5. The summed E-state index contributed by atoms with van der Waals surface area (Å²) in [4.78, 5) is 28.7. The lowest BCUT2D eigenvalue weighted by Gasteiger charge is -2.07. The van der Waals surface area contributed by atoms with E-state index in [2.05, 4.69) is 10.3 Å². The Bertz CT molecular complexity index is 744. The second kappa shape index (κ2) is 7.85. The topological polar surface area (TPSA) is 85.1 Å². The van der Waals surface area contributed by atoms with Crippen LogP contribution in [-0.2, 0) is 4.79 Å². The molecule has 0 saturated heterocycles. The predicted octanol–water partition coefficient (Wildman–Crippen LogP) is 3.31. The Morgan fingerprint density at radius 1 is 1.35 bits per heavy atom. The molecule has 1 aromatic heterocycles. The Labute approximate surface area is 147 Å². The molecule has 0 aliphatic heterocycles. The fraction of sp³-hybridized carbons (Fsp3) is 0.267. The van der Waals surface area contributed by atoms with Crippen molar-refractivity contribution >= 4 is 51.8 Å². The van der Waals surface area contributed by atoms with Crippen LogP contribution in [0.4, 0.5) is 5.13 Å². The normalized spacial score (nSPS) is 10.6. The first-order valence-corrected chi connectivity index (χ1v) is 9.78. The molecule has 0 radical (unpaired) electrons. The number of primary amides is 1. The van der Waals surface area contributed by atoms with Gasteiger partial charge in [0, 0.05) is 10.5 Å². The number of hydrogen-bond donors (Lipinski definition) is 2. The molecule has 1 heterocycles. The quantitative estimate of drug-likeness (QED) is 0.765. The number of anilines is 1. The molecule has 0 aliphatic rings. The molecule has 1 aromatic carbocycles. The molecule has 8 heteroatoms. The van der Waals surface area contributed by atoms with Gasteiger partial charge < -0.3 is 5.73 Å². The van der Waals surface area contributed by atoms with E-state index < -0.39 is 0 Å². The number of carbonyl (C=O) groups is 2. The molecule has 0 bridgehead atoms. The summed E-state index contributed by atoms with van der Waals surface area (Å²) in [6, 6.07) is 5.80. The van der Waals surface area contributed by atoms with E-state index in [9.17, 15) is 9.59 Å². The van der Waals surface area contributed by atoms with Crippen molar-refractivity contribution in [3.05, 3.63) is 35.0 Å². The molecule has 0 unspecified atom stereocenters. The smallest absolute Gasteiger partial charge is 0.257 e. The lowest BCUT2D eigenvalue weighted by Crippen LogP contribution is -2.13. The minimum Gasteiger partial charge on any atom is -0.369 e. The molecular weight excluding hydrogens is 350 g/mol. The van der Waals surface area contributed by atoms with Gasteiger partial charge >= 0.3 is 0 Å². The van der Waals surface area contributed by atoms with Gasteiger partial charge in [0.15, 0.2) is 5.13 Å². The van der Waals surface area contributed by atoms with E-state index in [0.717, 1.165) is 20.4 Å². The van der Waals surface area contributed by atoms with Gasteiger partial charge in [0.25, 0.3) is 5.91 Å². The summed E-state index contributed by atoms with van der Waals surface area (Å²) in [5, 5.41) is 3.35. The van der Waals surface area contributed by atoms with Gasteiger partial charge in [-0.3, -0.25) is 14.9 Å². The second-order valence-corrected chi connectivity index (χ2v) is 7.90. The van der Waals surface area contributed by atoms with Crippen LogP contribution in [-0.4, -0.2) is 28.8 Å². The zero-order valence-electron chi connectivity index (χ0n) is 13.0. The minimum atomic E-state index is -0.377. The van der Waals surface area contributed by atoms with Crippen molar-refractivity contribution in [2.24, 2.45) is 5.73 Å². The molecule has 2 aromatic rings. The monoisotopic (exact) mass is 367 g/mol. The third-order valence-electron chi connectivity index (χ3n) is 3.01. The molecular formula is C15H17N3O2S3. The van der Waals surface area contributed by atoms with E-state index >= 15 is 0 Å². The van der Waals surface area contributed by atoms with Crippen molar-refractivity contribution in [1.82, 2.24) is 4.98 Å². The Hall–Kier alpha value is -1.51.